The van der Waals surface area contributed by atoms with Crippen LogP contribution in [0, 0.1) is 5.82 Å². The molecule has 114 valence electrons. The molecule has 0 aromatic heterocycles. The molecule has 1 aromatic rings. The van der Waals surface area contributed by atoms with Crippen molar-refractivity contribution >= 4 is 5.91 Å². The summed E-state index contributed by atoms with van der Waals surface area (Å²) in [5, 5.41) is 13.3. The second-order valence-corrected chi connectivity index (χ2v) is 6.00. The van der Waals surface area contributed by atoms with Crippen molar-refractivity contribution in [3.63, 3.8) is 0 Å². The Labute approximate surface area is 124 Å². The highest BCUT2D eigenvalue weighted by Gasteiger charge is 2.35. The van der Waals surface area contributed by atoms with Crippen LogP contribution in [0.2, 0.25) is 0 Å². The quantitative estimate of drug-likeness (QED) is 0.895. The van der Waals surface area contributed by atoms with Gasteiger partial charge in [-0.1, -0.05) is 6.42 Å². The molecule has 2 aliphatic rings. The van der Waals surface area contributed by atoms with Gasteiger partial charge in [-0.15, -0.1) is 0 Å². The number of phenols is 1. The number of hydrogen-bond donors (Lipinski definition) is 2. The molecule has 1 aromatic carbocycles. The minimum Gasteiger partial charge on any atom is -0.507 e. The van der Waals surface area contributed by atoms with Crippen LogP contribution in [0.1, 0.15) is 42.5 Å². The van der Waals surface area contributed by atoms with Crippen molar-refractivity contribution < 1.29 is 14.3 Å². The Morgan fingerprint density at radius 3 is 2.81 bits per heavy atom. The number of aromatic hydroxyl groups is 1. The lowest BCUT2D eigenvalue weighted by molar-refractivity contribution is 0.0714. The Hall–Kier alpha value is -1.62. The molecular weight excluding hydrogens is 271 g/mol. The van der Waals surface area contributed by atoms with Crippen LogP contribution in [0.15, 0.2) is 18.2 Å². The number of piperidine rings is 1. The largest absolute Gasteiger partial charge is 0.507 e. The van der Waals surface area contributed by atoms with Gasteiger partial charge in [0.15, 0.2) is 0 Å². The van der Waals surface area contributed by atoms with E-state index in [4.69, 9.17) is 0 Å². The molecule has 0 radical (unpaired) electrons. The molecule has 0 bridgehead atoms. The molecule has 1 atom stereocenters. The highest BCUT2D eigenvalue weighted by Crippen LogP contribution is 2.31. The maximum absolute atomic E-state index is 13.4. The van der Waals surface area contributed by atoms with E-state index in [0.717, 1.165) is 37.9 Å². The maximum Gasteiger partial charge on any atom is 0.258 e. The fraction of sp³-hybridized carbons (Fsp3) is 0.562. The Balaban J connectivity index is 1.76. The van der Waals surface area contributed by atoms with Crippen molar-refractivity contribution in [1.29, 1.82) is 0 Å². The Morgan fingerprint density at radius 1 is 1.33 bits per heavy atom. The molecule has 0 spiro atoms. The molecule has 5 heteroatoms. The highest BCUT2D eigenvalue weighted by atomic mass is 19.1. The number of carbonyl (C=O) groups excluding carboxylic acids is 1. The fourth-order valence-corrected chi connectivity index (χ4v) is 2.94. The number of nitrogens with one attached hydrogen (secondary N) is 1. The molecule has 1 aliphatic carbocycles. The normalized spacial score (nSPS) is 22.0. The summed E-state index contributed by atoms with van der Waals surface area (Å²) >= 11 is 0. The lowest BCUT2D eigenvalue weighted by Crippen LogP contribution is -2.46. The standard InChI is InChI=1S/C16H21FN2O2/c17-11-4-7-15(20)14(9-11)16(21)19(13-5-6-13)10-12-3-1-2-8-18-12/h4,7,9,12-13,18,20H,1-3,5-6,8,10H2. The first-order valence-corrected chi connectivity index (χ1v) is 7.68. The molecule has 2 N–H and O–H groups in total. The van der Waals surface area contributed by atoms with E-state index in [2.05, 4.69) is 5.32 Å². The molecule has 1 amide bonds. The van der Waals surface area contributed by atoms with E-state index in [9.17, 15) is 14.3 Å². The summed E-state index contributed by atoms with van der Waals surface area (Å²) in [6, 6.07) is 4.08. The number of rotatable bonds is 4. The van der Waals surface area contributed by atoms with E-state index < -0.39 is 5.82 Å². The molecule has 1 saturated carbocycles. The summed E-state index contributed by atoms with van der Waals surface area (Å²) in [7, 11) is 0. The van der Waals surface area contributed by atoms with Crippen molar-refractivity contribution in [2.75, 3.05) is 13.1 Å². The first-order chi connectivity index (χ1) is 10.1. The smallest absolute Gasteiger partial charge is 0.258 e. The van der Waals surface area contributed by atoms with Gasteiger partial charge in [0.1, 0.15) is 11.6 Å². The molecule has 1 saturated heterocycles. The van der Waals surface area contributed by atoms with E-state index in [0.29, 0.717) is 12.6 Å². The summed E-state index contributed by atoms with van der Waals surface area (Å²) in [5.74, 6) is -0.909. The van der Waals surface area contributed by atoms with Gasteiger partial charge in [-0.25, -0.2) is 4.39 Å². The molecule has 1 aliphatic heterocycles. The molecule has 1 unspecified atom stereocenters. The molecule has 1 heterocycles. The molecule has 3 rings (SSSR count). The molecular formula is C16H21FN2O2. The highest BCUT2D eigenvalue weighted by molar-refractivity contribution is 5.97. The van der Waals surface area contributed by atoms with Gasteiger partial charge in [0, 0.05) is 18.6 Å². The SMILES string of the molecule is O=C(c1cc(F)ccc1O)N(CC1CCCCN1)C1CC1. The van der Waals surface area contributed by atoms with Crippen LogP contribution in [0.25, 0.3) is 0 Å². The number of phenolic OH excluding ortho intramolecular Hbond substituents is 1. The second kappa shape index (κ2) is 6.02. The number of amides is 1. The van der Waals surface area contributed by atoms with Gasteiger partial charge in [0.2, 0.25) is 0 Å². The predicted molar refractivity (Wildman–Crippen MR) is 77.8 cm³/mol. The first-order valence-electron chi connectivity index (χ1n) is 7.68. The summed E-state index contributed by atoms with van der Waals surface area (Å²) in [6.07, 6.45) is 5.41. The molecule has 4 nitrogen and oxygen atoms in total. The van der Waals surface area contributed by atoms with E-state index >= 15 is 0 Å². The van der Waals surface area contributed by atoms with Gasteiger partial charge in [0.05, 0.1) is 5.56 Å². The van der Waals surface area contributed by atoms with Crippen LogP contribution in [-0.4, -0.2) is 41.1 Å². The van der Waals surface area contributed by atoms with Gasteiger partial charge in [0.25, 0.3) is 5.91 Å². The topological polar surface area (TPSA) is 52.6 Å². The third-order valence-electron chi connectivity index (χ3n) is 4.27. The predicted octanol–water partition coefficient (Wildman–Crippen LogP) is 2.28. The van der Waals surface area contributed by atoms with Crippen molar-refractivity contribution in [1.82, 2.24) is 10.2 Å². The van der Waals surface area contributed by atoms with Crippen molar-refractivity contribution in [3.05, 3.63) is 29.6 Å². The van der Waals surface area contributed by atoms with E-state index in [1.165, 1.54) is 18.9 Å². The summed E-state index contributed by atoms with van der Waals surface area (Å²) < 4.78 is 13.4. The summed E-state index contributed by atoms with van der Waals surface area (Å²) in [5.41, 5.74) is 0.0673. The zero-order valence-electron chi connectivity index (χ0n) is 12.0. The second-order valence-electron chi connectivity index (χ2n) is 6.00. The lowest BCUT2D eigenvalue weighted by atomic mass is 10.0. The number of halogens is 1. The Kier molecular flexibility index (Phi) is 4.10. The summed E-state index contributed by atoms with van der Waals surface area (Å²) in [6.45, 7) is 1.63. The first kappa shape index (κ1) is 14.3. The van der Waals surface area contributed by atoms with E-state index in [1.54, 1.807) is 4.90 Å². The average Bonchev–Trinajstić information content (AvgIpc) is 3.32. The maximum atomic E-state index is 13.4. The molecule has 21 heavy (non-hydrogen) atoms. The summed E-state index contributed by atoms with van der Waals surface area (Å²) in [4.78, 5) is 14.4. The Bertz CT molecular complexity index is 525. The minimum atomic E-state index is -0.498. The number of benzene rings is 1. The Morgan fingerprint density at radius 2 is 2.14 bits per heavy atom. The fourth-order valence-electron chi connectivity index (χ4n) is 2.94. The van der Waals surface area contributed by atoms with Crippen molar-refractivity contribution in [2.45, 2.75) is 44.2 Å². The van der Waals surface area contributed by atoms with Crippen LogP contribution in [0.4, 0.5) is 4.39 Å². The van der Waals surface area contributed by atoms with Gasteiger partial charge in [-0.3, -0.25) is 4.79 Å². The average molecular weight is 292 g/mol. The van der Waals surface area contributed by atoms with Crippen LogP contribution in [-0.2, 0) is 0 Å². The van der Waals surface area contributed by atoms with Crippen LogP contribution < -0.4 is 5.32 Å². The van der Waals surface area contributed by atoms with Crippen molar-refractivity contribution in [3.8, 4) is 5.75 Å². The third kappa shape index (κ3) is 3.35. The zero-order valence-corrected chi connectivity index (χ0v) is 12.0. The number of nitrogens with zero attached hydrogens (tertiary/aromatic N) is 1. The van der Waals surface area contributed by atoms with E-state index in [1.807, 2.05) is 0 Å². The lowest BCUT2D eigenvalue weighted by Gasteiger charge is -2.31. The van der Waals surface area contributed by atoms with Gasteiger partial charge >= 0.3 is 0 Å². The van der Waals surface area contributed by atoms with Crippen molar-refractivity contribution in [2.24, 2.45) is 0 Å². The van der Waals surface area contributed by atoms with Gasteiger partial charge in [-0.05, 0) is 50.4 Å². The van der Waals surface area contributed by atoms with Gasteiger partial charge in [-0.2, -0.15) is 0 Å². The van der Waals surface area contributed by atoms with Crippen LogP contribution >= 0.6 is 0 Å². The monoisotopic (exact) mass is 292 g/mol. The van der Waals surface area contributed by atoms with Crippen LogP contribution in [0.3, 0.4) is 0 Å². The van der Waals surface area contributed by atoms with Crippen LogP contribution in [0.5, 0.6) is 5.75 Å². The number of carbonyl (C=O) groups is 1. The third-order valence-corrected chi connectivity index (χ3v) is 4.27. The minimum absolute atomic E-state index is 0.0673. The number of hydrogen-bond acceptors (Lipinski definition) is 3. The van der Waals surface area contributed by atoms with Gasteiger partial charge < -0.3 is 15.3 Å². The van der Waals surface area contributed by atoms with E-state index in [-0.39, 0.29) is 23.3 Å². The molecule has 2 fully saturated rings. The zero-order chi connectivity index (χ0) is 14.8.